The molecule has 0 radical (unpaired) electrons. The Bertz CT molecular complexity index is 941. The number of fused-ring (bicyclic) bond motifs is 1. The average Bonchev–Trinajstić information content (AvgIpc) is 2.47. The van der Waals surface area contributed by atoms with Gasteiger partial charge in [-0.3, -0.25) is 14.2 Å². The molecule has 22 heavy (non-hydrogen) atoms. The molecule has 2 aromatic carbocycles. The summed E-state index contributed by atoms with van der Waals surface area (Å²) in [5.74, 6) is -0.530. The zero-order chi connectivity index (χ0) is 15.9. The van der Waals surface area contributed by atoms with Gasteiger partial charge in [-0.15, -0.1) is 0 Å². The number of pyridine rings is 1. The predicted molar refractivity (Wildman–Crippen MR) is 87.5 cm³/mol. The minimum Gasteiger partial charge on any atom is -0.366 e. The van der Waals surface area contributed by atoms with Crippen LogP contribution in [0.5, 0.6) is 0 Å². The van der Waals surface area contributed by atoms with E-state index in [9.17, 15) is 9.59 Å². The van der Waals surface area contributed by atoms with Gasteiger partial charge in [0.15, 0.2) is 0 Å². The van der Waals surface area contributed by atoms with Crippen LogP contribution in [0.3, 0.4) is 0 Å². The highest BCUT2D eigenvalue weighted by atomic mass is 16.1. The van der Waals surface area contributed by atoms with Crippen molar-refractivity contribution < 1.29 is 4.79 Å². The molecule has 2 N–H and O–H groups in total. The molecule has 0 saturated carbocycles. The molecule has 0 atom stereocenters. The fourth-order valence-electron chi connectivity index (χ4n) is 2.83. The molecule has 3 rings (SSSR count). The first-order chi connectivity index (χ1) is 10.5. The molecule has 1 amide bonds. The monoisotopic (exact) mass is 292 g/mol. The standard InChI is InChI=1S/C18H16N2O2/c1-11-8-9-14-15(10-11)16(17(19)21)12(2)20(18(14)22)13-6-4-3-5-7-13/h3-10H,1-2H3,(H2,19,21). The van der Waals surface area contributed by atoms with Gasteiger partial charge in [-0.2, -0.15) is 0 Å². The minimum absolute atomic E-state index is 0.149. The normalized spacial score (nSPS) is 10.8. The molecule has 0 spiro atoms. The highest BCUT2D eigenvalue weighted by Gasteiger charge is 2.18. The van der Waals surface area contributed by atoms with Crippen molar-refractivity contribution in [3.63, 3.8) is 0 Å². The topological polar surface area (TPSA) is 65.1 Å². The van der Waals surface area contributed by atoms with Gasteiger partial charge in [-0.1, -0.05) is 35.9 Å². The lowest BCUT2D eigenvalue weighted by Crippen LogP contribution is -2.26. The van der Waals surface area contributed by atoms with Crippen LogP contribution < -0.4 is 11.3 Å². The Morgan fingerprint density at radius 3 is 2.32 bits per heavy atom. The van der Waals surface area contributed by atoms with Crippen molar-refractivity contribution in [2.75, 3.05) is 0 Å². The molecular weight excluding hydrogens is 276 g/mol. The highest BCUT2D eigenvalue weighted by molar-refractivity contribution is 6.07. The van der Waals surface area contributed by atoms with Gasteiger partial charge in [0.2, 0.25) is 0 Å². The fraction of sp³-hybridized carbons (Fsp3) is 0.111. The lowest BCUT2D eigenvalue weighted by atomic mass is 10.0. The zero-order valence-corrected chi connectivity index (χ0v) is 12.5. The summed E-state index contributed by atoms with van der Waals surface area (Å²) in [6, 6.07) is 14.7. The van der Waals surface area contributed by atoms with Gasteiger partial charge in [0.1, 0.15) is 0 Å². The maximum atomic E-state index is 12.8. The summed E-state index contributed by atoms with van der Waals surface area (Å²) in [6.07, 6.45) is 0. The van der Waals surface area contributed by atoms with Gasteiger partial charge < -0.3 is 5.73 Å². The van der Waals surface area contributed by atoms with Crippen LogP contribution in [-0.2, 0) is 0 Å². The van der Waals surface area contributed by atoms with Crippen molar-refractivity contribution in [1.82, 2.24) is 4.57 Å². The number of aryl methyl sites for hydroxylation is 1. The van der Waals surface area contributed by atoms with E-state index in [-0.39, 0.29) is 5.56 Å². The first kappa shape index (κ1) is 14.1. The summed E-state index contributed by atoms with van der Waals surface area (Å²) < 4.78 is 1.54. The van der Waals surface area contributed by atoms with Crippen LogP contribution in [0.1, 0.15) is 21.6 Å². The van der Waals surface area contributed by atoms with Crippen molar-refractivity contribution in [2.24, 2.45) is 5.73 Å². The van der Waals surface area contributed by atoms with Gasteiger partial charge in [-0.25, -0.2) is 0 Å². The quantitative estimate of drug-likeness (QED) is 0.789. The number of carbonyl (C=O) groups is 1. The second-order valence-electron chi connectivity index (χ2n) is 5.35. The highest BCUT2D eigenvalue weighted by Crippen LogP contribution is 2.22. The molecular formula is C18H16N2O2. The molecule has 0 aliphatic rings. The molecule has 0 aliphatic carbocycles. The summed E-state index contributed by atoms with van der Waals surface area (Å²) >= 11 is 0. The largest absolute Gasteiger partial charge is 0.366 e. The molecule has 0 bridgehead atoms. The molecule has 0 unspecified atom stereocenters. The fourth-order valence-corrected chi connectivity index (χ4v) is 2.83. The molecule has 1 heterocycles. The molecule has 110 valence electrons. The van der Waals surface area contributed by atoms with Crippen LogP contribution in [0.2, 0.25) is 0 Å². The average molecular weight is 292 g/mol. The van der Waals surface area contributed by atoms with Gasteiger partial charge in [-0.05, 0) is 32.0 Å². The van der Waals surface area contributed by atoms with Gasteiger partial charge in [0.25, 0.3) is 11.5 Å². The minimum atomic E-state index is -0.530. The van der Waals surface area contributed by atoms with Gasteiger partial charge in [0.05, 0.1) is 5.56 Å². The van der Waals surface area contributed by atoms with Crippen molar-refractivity contribution in [3.05, 3.63) is 75.7 Å². The number of aromatic nitrogens is 1. The Morgan fingerprint density at radius 2 is 1.68 bits per heavy atom. The SMILES string of the molecule is Cc1ccc2c(=O)n(-c3ccccc3)c(C)c(C(N)=O)c2c1. The van der Waals surface area contributed by atoms with Crippen LogP contribution in [0.25, 0.3) is 16.5 Å². The van der Waals surface area contributed by atoms with E-state index in [1.54, 1.807) is 13.0 Å². The van der Waals surface area contributed by atoms with E-state index >= 15 is 0 Å². The van der Waals surface area contributed by atoms with E-state index in [0.717, 1.165) is 11.3 Å². The van der Waals surface area contributed by atoms with E-state index in [2.05, 4.69) is 0 Å². The van der Waals surface area contributed by atoms with E-state index in [0.29, 0.717) is 22.0 Å². The molecule has 0 saturated heterocycles. The van der Waals surface area contributed by atoms with E-state index in [1.807, 2.05) is 49.4 Å². The summed E-state index contributed by atoms with van der Waals surface area (Å²) in [5, 5.41) is 1.11. The van der Waals surface area contributed by atoms with Gasteiger partial charge in [0, 0.05) is 22.2 Å². The lowest BCUT2D eigenvalue weighted by molar-refractivity contribution is 0.100. The Hall–Kier alpha value is -2.88. The van der Waals surface area contributed by atoms with Crippen molar-refractivity contribution >= 4 is 16.7 Å². The zero-order valence-electron chi connectivity index (χ0n) is 12.5. The Balaban J connectivity index is 2.53. The number of nitrogens with zero attached hydrogens (tertiary/aromatic N) is 1. The number of carbonyl (C=O) groups excluding carboxylic acids is 1. The van der Waals surface area contributed by atoms with E-state index in [4.69, 9.17) is 5.73 Å². The second-order valence-corrected chi connectivity index (χ2v) is 5.35. The van der Waals surface area contributed by atoms with E-state index < -0.39 is 5.91 Å². The first-order valence-electron chi connectivity index (χ1n) is 7.02. The van der Waals surface area contributed by atoms with Crippen LogP contribution in [0.15, 0.2) is 53.3 Å². The molecule has 4 heteroatoms. The van der Waals surface area contributed by atoms with Crippen LogP contribution in [-0.4, -0.2) is 10.5 Å². The van der Waals surface area contributed by atoms with Crippen LogP contribution in [0, 0.1) is 13.8 Å². The Kier molecular flexibility index (Phi) is 3.29. The number of hydrogen-bond donors (Lipinski definition) is 1. The van der Waals surface area contributed by atoms with Crippen LogP contribution in [0.4, 0.5) is 0 Å². The molecule has 1 aromatic heterocycles. The lowest BCUT2D eigenvalue weighted by Gasteiger charge is -2.16. The summed E-state index contributed by atoms with van der Waals surface area (Å²) in [7, 11) is 0. The number of para-hydroxylation sites is 1. The maximum absolute atomic E-state index is 12.8. The summed E-state index contributed by atoms with van der Waals surface area (Å²) in [5.41, 5.74) is 8.07. The number of nitrogens with two attached hydrogens (primary N) is 1. The van der Waals surface area contributed by atoms with Crippen molar-refractivity contribution in [2.45, 2.75) is 13.8 Å². The Morgan fingerprint density at radius 1 is 1.00 bits per heavy atom. The third-order valence-corrected chi connectivity index (χ3v) is 3.84. The number of rotatable bonds is 2. The number of benzene rings is 2. The first-order valence-corrected chi connectivity index (χ1v) is 7.02. The predicted octanol–water partition coefficient (Wildman–Crippen LogP) is 2.71. The number of hydrogen-bond acceptors (Lipinski definition) is 2. The Labute approximate surface area is 127 Å². The van der Waals surface area contributed by atoms with Crippen molar-refractivity contribution in [1.29, 1.82) is 0 Å². The van der Waals surface area contributed by atoms with Gasteiger partial charge >= 0.3 is 0 Å². The molecule has 0 aliphatic heterocycles. The third kappa shape index (κ3) is 2.09. The molecule has 4 nitrogen and oxygen atoms in total. The second kappa shape index (κ2) is 5.15. The molecule has 0 fully saturated rings. The molecule has 3 aromatic rings. The van der Waals surface area contributed by atoms with Crippen LogP contribution >= 0.6 is 0 Å². The number of amides is 1. The third-order valence-electron chi connectivity index (χ3n) is 3.84. The maximum Gasteiger partial charge on any atom is 0.263 e. The smallest absolute Gasteiger partial charge is 0.263 e. The summed E-state index contributed by atoms with van der Waals surface area (Å²) in [4.78, 5) is 24.8. The number of primary amides is 1. The summed E-state index contributed by atoms with van der Waals surface area (Å²) in [6.45, 7) is 3.67. The van der Waals surface area contributed by atoms with Crippen molar-refractivity contribution in [3.8, 4) is 5.69 Å². The van der Waals surface area contributed by atoms with E-state index in [1.165, 1.54) is 4.57 Å².